The van der Waals surface area contributed by atoms with Gasteiger partial charge in [-0.25, -0.2) is 13.1 Å². The van der Waals surface area contributed by atoms with Crippen molar-refractivity contribution in [2.75, 3.05) is 11.1 Å². The summed E-state index contributed by atoms with van der Waals surface area (Å²) in [4.78, 5) is 12.3. The zero-order valence-corrected chi connectivity index (χ0v) is 12.2. The predicted octanol–water partition coefficient (Wildman–Crippen LogP) is 1.03. The third kappa shape index (κ3) is 2.88. The van der Waals surface area contributed by atoms with Crippen LogP contribution in [-0.2, 0) is 16.4 Å². The number of aromatic nitrogens is 2. The molecule has 6 nitrogen and oxygen atoms in total. The van der Waals surface area contributed by atoms with E-state index < -0.39 is 15.9 Å². The van der Waals surface area contributed by atoms with Crippen LogP contribution in [0, 0.1) is 5.92 Å². The lowest BCUT2D eigenvalue weighted by Crippen LogP contribution is -2.31. The van der Waals surface area contributed by atoms with Crippen molar-refractivity contribution in [1.82, 2.24) is 9.78 Å². The van der Waals surface area contributed by atoms with E-state index in [1.54, 1.807) is 0 Å². The molecule has 1 N–H and O–H groups in total. The van der Waals surface area contributed by atoms with Gasteiger partial charge in [0, 0.05) is 12.0 Å². The molecule has 1 aliphatic heterocycles. The van der Waals surface area contributed by atoms with Gasteiger partial charge >= 0.3 is 0 Å². The third-order valence-corrected chi connectivity index (χ3v) is 5.07. The standard InChI is InChI=1S/C12H14ClN3O3S/c13-10-5-14-16(6-8-1-2-8)12(17)11(10)15-9-3-4-20(18,19)7-9/h3-5,8-9,15H,1-2,6-7H2. The summed E-state index contributed by atoms with van der Waals surface area (Å²) in [7, 11) is -3.17. The maximum atomic E-state index is 12.3. The van der Waals surface area contributed by atoms with Gasteiger partial charge in [0.2, 0.25) is 0 Å². The van der Waals surface area contributed by atoms with Crippen LogP contribution < -0.4 is 10.9 Å². The fourth-order valence-electron chi connectivity index (χ4n) is 2.13. The van der Waals surface area contributed by atoms with Gasteiger partial charge < -0.3 is 5.32 Å². The van der Waals surface area contributed by atoms with Crippen molar-refractivity contribution in [3.05, 3.63) is 33.1 Å². The SMILES string of the molecule is O=c1c(NC2C=CS(=O)(=O)C2)c(Cl)cnn1CC1CC1. The number of hydrogen-bond acceptors (Lipinski definition) is 5. The van der Waals surface area contributed by atoms with E-state index in [1.165, 1.54) is 17.0 Å². The van der Waals surface area contributed by atoms with Crippen LogP contribution in [-0.4, -0.2) is 30.0 Å². The fraction of sp³-hybridized carbons (Fsp3) is 0.500. The Morgan fingerprint density at radius 1 is 1.45 bits per heavy atom. The topological polar surface area (TPSA) is 81.1 Å². The van der Waals surface area contributed by atoms with Crippen LogP contribution in [0.3, 0.4) is 0 Å². The molecule has 108 valence electrons. The summed E-state index contributed by atoms with van der Waals surface area (Å²) in [5, 5.41) is 8.28. The molecule has 1 saturated carbocycles. The van der Waals surface area contributed by atoms with E-state index in [0.29, 0.717) is 12.5 Å². The Morgan fingerprint density at radius 3 is 2.80 bits per heavy atom. The lowest BCUT2D eigenvalue weighted by molar-refractivity contribution is 0.534. The van der Waals surface area contributed by atoms with Crippen molar-refractivity contribution in [2.45, 2.75) is 25.4 Å². The summed E-state index contributed by atoms with van der Waals surface area (Å²) in [5.41, 5.74) is -0.0869. The number of nitrogens with zero attached hydrogens (tertiary/aromatic N) is 2. The molecule has 1 aromatic rings. The molecule has 1 aliphatic carbocycles. The molecular weight excluding hydrogens is 302 g/mol. The second-order valence-corrected chi connectivity index (χ2v) is 7.55. The lowest BCUT2D eigenvalue weighted by atomic mass is 10.3. The third-order valence-electron chi connectivity index (χ3n) is 3.39. The van der Waals surface area contributed by atoms with E-state index in [4.69, 9.17) is 11.6 Å². The van der Waals surface area contributed by atoms with Crippen LogP contribution in [0.1, 0.15) is 12.8 Å². The molecule has 3 rings (SSSR count). The summed E-state index contributed by atoms with van der Waals surface area (Å²) in [6.45, 7) is 0.587. The molecule has 0 aromatic carbocycles. The molecule has 0 spiro atoms. The van der Waals surface area contributed by atoms with Crippen LogP contribution in [0.5, 0.6) is 0 Å². The molecule has 1 unspecified atom stereocenters. The van der Waals surface area contributed by atoms with E-state index in [-0.39, 0.29) is 22.0 Å². The van der Waals surface area contributed by atoms with Crippen LogP contribution >= 0.6 is 11.6 Å². The first-order valence-electron chi connectivity index (χ1n) is 6.38. The van der Waals surface area contributed by atoms with Crippen molar-refractivity contribution in [3.63, 3.8) is 0 Å². The molecule has 0 radical (unpaired) electrons. The average Bonchev–Trinajstić information content (AvgIpc) is 3.12. The quantitative estimate of drug-likeness (QED) is 0.897. The number of anilines is 1. The summed E-state index contributed by atoms with van der Waals surface area (Å²) in [6.07, 6.45) is 5.17. The number of hydrogen-bond donors (Lipinski definition) is 1. The fourth-order valence-corrected chi connectivity index (χ4v) is 3.54. The Labute approximate surface area is 121 Å². The highest BCUT2D eigenvalue weighted by molar-refractivity contribution is 7.94. The maximum Gasteiger partial charge on any atom is 0.291 e. The van der Waals surface area contributed by atoms with E-state index in [2.05, 4.69) is 10.4 Å². The van der Waals surface area contributed by atoms with Gasteiger partial charge in [0.1, 0.15) is 5.69 Å². The summed E-state index contributed by atoms with van der Waals surface area (Å²) < 4.78 is 24.1. The van der Waals surface area contributed by atoms with Crippen LogP contribution in [0.4, 0.5) is 5.69 Å². The monoisotopic (exact) mass is 315 g/mol. The largest absolute Gasteiger partial charge is 0.372 e. The molecule has 8 heteroatoms. The first-order valence-corrected chi connectivity index (χ1v) is 8.47. The molecule has 20 heavy (non-hydrogen) atoms. The molecule has 0 saturated heterocycles. The molecule has 1 fully saturated rings. The zero-order valence-electron chi connectivity index (χ0n) is 10.6. The molecule has 2 heterocycles. The summed E-state index contributed by atoms with van der Waals surface area (Å²) in [5.74, 6) is 0.453. The molecule has 0 amide bonds. The van der Waals surface area contributed by atoms with Gasteiger partial charge in [-0.15, -0.1) is 0 Å². The molecular formula is C12H14ClN3O3S. The van der Waals surface area contributed by atoms with Crippen LogP contribution in [0.25, 0.3) is 0 Å². The predicted molar refractivity (Wildman–Crippen MR) is 76.6 cm³/mol. The van der Waals surface area contributed by atoms with Gasteiger partial charge in [-0.05, 0) is 18.8 Å². The van der Waals surface area contributed by atoms with Gasteiger partial charge in [-0.2, -0.15) is 5.10 Å². The minimum Gasteiger partial charge on any atom is -0.372 e. The Hall–Kier alpha value is -1.34. The lowest BCUT2D eigenvalue weighted by Gasteiger charge is -2.13. The molecule has 0 bridgehead atoms. The van der Waals surface area contributed by atoms with Crippen molar-refractivity contribution in [3.8, 4) is 0 Å². The normalized spacial score (nSPS) is 23.9. The van der Waals surface area contributed by atoms with Gasteiger partial charge in [0.15, 0.2) is 9.84 Å². The average molecular weight is 316 g/mol. The minimum atomic E-state index is -3.17. The Balaban J connectivity index is 1.85. The van der Waals surface area contributed by atoms with Gasteiger partial charge in [0.05, 0.1) is 23.0 Å². The van der Waals surface area contributed by atoms with Crippen molar-refractivity contribution in [2.24, 2.45) is 5.92 Å². The molecule has 2 aliphatic rings. The Kier molecular flexibility index (Phi) is 3.33. The highest BCUT2D eigenvalue weighted by Crippen LogP contribution is 2.30. The summed E-state index contributed by atoms with van der Waals surface area (Å²) >= 11 is 5.99. The van der Waals surface area contributed by atoms with Gasteiger partial charge in [-0.3, -0.25) is 4.79 Å². The maximum absolute atomic E-state index is 12.3. The second kappa shape index (κ2) is 4.89. The Morgan fingerprint density at radius 2 is 2.20 bits per heavy atom. The Bertz CT molecular complexity index is 722. The van der Waals surface area contributed by atoms with Crippen molar-refractivity contribution in [1.29, 1.82) is 0 Å². The van der Waals surface area contributed by atoms with E-state index in [9.17, 15) is 13.2 Å². The molecule has 1 atom stereocenters. The van der Waals surface area contributed by atoms with Crippen molar-refractivity contribution >= 4 is 27.1 Å². The van der Waals surface area contributed by atoms with Gasteiger partial charge in [-0.1, -0.05) is 17.7 Å². The highest BCUT2D eigenvalue weighted by Gasteiger charge is 2.26. The van der Waals surface area contributed by atoms with Crippen molar-refractivity contribution < 1.29 is 8.42 Å². The van der Waals surface area contributed by atoms with E-state index in [0.717, 1.165) is 18.2 Å². The smallest absolute Gasteiger partial charge is 0.291 e. The zero-order chi connectivity index (χ0) is 14.3. The highest BCUT2D eigenvalue weighted by atomic mass is 35.5. The van der Waals surface area contributed by atoms with Crippen LogP contribution in [0.2, 0.25) is 5.02 Å². The van der Waals surface area contributed by atoms with E-state index >= 15 is 0 Å². The number of sulfone groups is 1. The number of nitrogens with one attached hydrogen (secondary N) is 1. The number of rotatable bonds is 4. The minimum absolute atomic E-state index is 0.0618. The first-order chi connectivity index (χ1) is 9.44. The van der Waals surface area contributed by atoms with Gasteiger partial charge in [0.25, 0.3) is 5.56 Å². The second-order valence-electron chi connectivity index (χ2n) is 5.21. The van der Waals surface area contributed by atoms with Crippen LogP contribution in [0.15, 0.2) is 22.5 Å². The van der Waals surface area contributed by atoms with E-state index in [1.807, 2.05) is 0 Å². The first kappa shape index (κ1) is 13.6. The number of halogens is 1. The molecule has 1 aromatic heterocycles. The summed E-state index contributed by atoms with van der Waals surface area (Å²) in [6, 6.07) is -0.429.